The highest BCUT2D eigenvalue weighted by Gasteiger charge is 2.05. The van der Waals surface area contributed by atoms with Crippen LogP contribution in [-0.2, 0) is 0 Å². The molecule has 4 heteroatoms. The van der Waals surface area contributed by atoms with E-state index in [1.165, 1.54) is 12.3 Å². The second kappa shape index (κ2) is 5.49. The average Bonchev–Trinajstić information content (AvgIpc) is 2.41. The molecule has 1 atom stereocenters. The fourth-order valence-electron chi connectivity index (χ4n) is 1.69. The number of aromatic nitrogens is 1. The van der Waals surface area contributed by atoms with Crippen molar-refractivity contribution in [3.05, 3.63) is 54.1 Å². The highest BCUT2D eigenvalue weighted by molar-refractivity contribution is 5.43. The van der Waals surface area contributed by atoms with Crippen LogP contribution in [0, 0.1) is 5.95 Å². The van der Waals surface area contributed by atoms with E-state index in [4.69, 9.17) is 4.74 Å². The van der Waals surface area contributed by atoms with Crippen molar-refractivity contribution in [2.45, 2.75) is 13.0 Å². The highest BCUT2D eigenvalue weighted by Crippen LogP contribution is 2.21. The summed E-state index contributed by atoms with van der Waals surface area (Å²) in [5.41, 5.74) is 1.92. The molecule has 0 bridgehead atoms. The fourth-order valence-corrected chi connectivity index (χ4v) is 1.69. The van der Waals surface area contributed by atoms with Crippen molar-refractivity contribution in [1.29, 1.82) is 0 Å². The lowest BCUT2D eigenvalue weighted by molar-refractivity contribution is 0.414. The number of methoxy groups -OCH3 is 1. The molecule has 1 heterocycles. The van der Waals surface area contributed by atoms with Crippen molar-refractivity contribution in [1.82, 2.24) is 4.98 Å². The third kappa shape index (κ3) is 2.97. The Morgan fingerprint density at radius 1 is 1.17 bits per heavy atom. The van der Waals surface area contributed by atoms with Crippen LogP contribution >= 0.6 is 0 Å². The molecule has 0 radical (unpaired) electrons. The zero-order valence-electron chi connectivity index (χ0n) is 10.4. The summed E-state index contributed by atoms with van der Waals surface area (Å²) in [7, 11) is 1.64. The molecule has 0 aliphatic carbocycles. The number of hydrogen-bond acceptors (Lipinski definition) is 3. The number of nitrogens with one attached hydrogen (secondary N) is 1. The lowest BCUT2D eigenvalue weighted by Gasteiger charge is -2.15. The molecule has 0 amide bonds. The second-order valence-corrected chi connectivity index (χ2v) is 4.01. The largest absolute Gasteiger partial charge is 0.497 e. The Hall–Kier alpha value is -2.10. The van der Waals surface area contributed by atoms with Crippen LogP contribution < -0.4 is 10.1 Å². The van der Waals surface area contributed by atoms with Gasteiger partial charge in [0.2, 0.25) is 5.95 Å². The molecule has 0 saturated heterocycles. The fraction of sp³-hybridized carbons (Fsp3) is 0.214. The normalized spacial score (nSPS) is 11.9. The molecule has 2 rings (SSSR count). The Morgan fingerprint density at radius 2 is 1.89 bits per heavy atom. The first-order valence-corrected chi connectivity index (χ1v) is 5.71. The van der Waals surface area contributed by atoms with E-state index in [-0.39, 0.29) is 6.04 Å². The van der Waals surface area contributed by atoms with Crippen LogP contribution in [0.15, 0.2) is 42.6 Å². The maximum Gasteiger partial charge on any atom is 0.212 e. The van der Waals surface area contributed by atoms with Gasteiger partial charge in [0, 0.05) is 6.04 Å². The van der Waals surface area contributed by atoms with Crippen molar-refractivity contribution >= 4 is 5.69 Å². The van der Waals surface area contributed by atoms with Crippen LogP contribution in [0.5, 0.6) is 5.75 Å². The van der Waals surface area contributed by atoms with Gasteiger partial charge in [-0.25, -0.2) is 4.98 Å². The van der Waals surface area contributed by atoms with E-state index >= 15 is 0 Å². The van der Waals surface area contributed by atoms with Crippen molar-refractivity contribution in [3.63, 3.8) is 0 Å². The minimum absolute atomic E-state index is 0.114. The lowest BCUT2D eigenvalue weighted by atomic mass is 10.1. The SMILES string of the molecule is COc1ccc(C(C)Nc2ccc(F)nc2)cc1. The molecule has 0 fully saturated rings. The van der Waals surface area contributed by atoms with E-state index in [0.29, 0.717) is 0 Å². The van der Waals surface area contributed by atoms with Gasteiger partial charge in [-0.15, -0.1) is 0 Å². The first kappa shape index (κ1) is 12.4. The van der Waals surface area contributed by atoms with Gasteiger partial charge in [0.15, 0.2) is 0 Å². The van der Waals surface area contributed by atoms with Crippen molar-refractivity contribution in [2.24, 2.45) is 0 Å². The molecule has 0 saturated carbocycles. The quantitative estimate of drug-likeness (QED) is 0.839. The third-order valence-corrected chi connectivity index (χ3v) is 2.73. The van der Waals surface area contributed by atoms with Gasteiger partial charge in [-0.3, -0.25) is 0 Å². The topological polar surface area (TPSA) is 34.1 Å². The van der Waals surface area contributed by atoms with E-state index in [0.717, 1.165) is 17.0 Å². The summed E-state index contributed by atoms with van der Waals surface area (Å²) in [5.74, 6) is 0.354. The van der Waals surface area contributed by atoms with Crippen LogP contribution in [0.1, 0.15) is 18.5 Å². The zero-order chi connectivity index (χ0) is 13.0. The summed E-state index contributed by atoms with van der Waals surface area (Å²) in [6.07, 6.45) is 1.48. The molecular weight excluding hydrogens is 231 g/mol. The summed E-state index contributed by atoms with van der Waals surface area (Å²) in [4.78, 5) is 3.60. The molecule has 18 heavy (non-hydrogen) atoms. The number of ether oxygens (including phenoxy) is 1. The molecule has 1 aromatic heterocycles. The number of nitrogens with zero attached hydrogens (tertiary/aromatic N) is 1. The first-order valence-electron chi connectivity index (χ1n) is 5.71. The second-order valence-electron chi connectivity index (χ2n) is 4.01. The molecule has 1 N–H and O–H groups in total. The summed E-state index contributed by atoms with van der Waals surface area (Å²) < 4.78 is 17.8. The average molecular weight is 246 g/mol. The van der Waals surface area contributed by atoms with Crippen molar-refractivity contribution in [3.8, 4) is 5.75 Å². The predicted molar refractivity (Wildman–Crippen MR) is 69.2 cm³/mol. The summed E-state index contributed by atoms with van der Waals surface area (Å²) in [5, 5.41) is 3.25. The van der Waals surface area contributed by atoms with Crippen LogP contribution in [0.3, 0.4) is 0 Å². The van der Waals surface area contributed by atoms with Crippen LogP contribution in [0.2, 0.25) is 0 Å². The molecule has 3 nitrogen and oxygen atoms in total. The first-order chi connectivity index (χ1) is 8.69. The Balaban J connectivity index is 2.06. The number of benzene rings is 1. The monoisotopic (exact) mass is 246 g/mol. The van der Waals surface area contributed by atoms with Crippen LogP contribution in [0.4, 0.5) is 10.1 Å². The van der Waals surface area contributed by atoms with E-state index in [9.17, 15) is 4.39 Å². The van der Waals surface area contributed by atoms with E-state index < -0.39 is 5.95 Å². The Kier molecular flexibility index (Phi) is 3.77. The van der Waals surface area contributed by atoms with Crippen molar-refractivity contribution < 1.29 is 9.13 Å². The highest BCUT2D eigenvalue weighted by atomic mass is 19.1. The Bertz CT molecular complexity index is 496. The Morgan fingerprint density at radius 3 is 2.44 bits per heavy atom. The lowest BCUT2D eigenvalue weighted by Crippen LogP contribution is -2.06. The summed E-state index contributed by atoms with van der Waals surface area (Å²) in [6.45, 7) is 2.03. The minimum atomic E-state index is -0.474. The standard InChI is InChI=1S/C14H15FN2O/c1-10(11-3-6-13(18-2)7-4-11)17-12-5-8-14(15)16-9-12/h3-10,17H,1-2H3. The van der Waals surface area contributed by atoms with Crippen LogP contribution in [-0.4, -0.2) is 12.1 Å². The van der Waals surface area contributed by atoms with Crippen molar-refractivity contribution in [2.75, 3.05) is 12.4 Å². The maximum atomic E-state index is 12.7. The maximum absolute atomic E-state index is 12.7. The molecule has 0 aliphatic rings. The van der Waals surface area contributed by atoms with Gasteiger partial charge in [0.1, 0.15) is 5.75 Å². The number of halogens is 1. The van der Waals surface area contributed by atoms with E-state index in [1.807, 2.05) is 31.2 Å². The molecular formula is C14H15FN2O. The number of rotatable bonds is 4. The zero-order valence-corrected chi connectivity index (χ0v) is 10.4. The number of hydrogen-bond donors (Lipinski definition) is 1. The van der Waals surface area contributed by atoms with Gasteiger partial charge in [-0.1, -0.05) is 12.1 Å². The van der Waals surface area contributed by atoms with E-state index in [1.54, 1.807) is 13.2 Å². The number of pyridine rings is 1. The van der Waals surface area contributed by atoms with Gasteiger partial charge in [-0.2, -0.15) is 4.39 Å². The molecule has 0 aliphatic heterocycles. The molecule has 94 valence electrons. The van der Waals surface area contributed by atoms with Gasteiger partial charge in [0.25, 0.3) is 0 Å². The van der Waals surface area contributed by atoms with Gasteiger partial charge < -0.3 is 10.1 Å². The third-order valence-electron chi connectivity index (χ3n) is 2.73. The van der Waals surface area contributed by atoms with Crippen LogP contribution in [0.25, 0.3) is 0 Å². The van der Waals surface area contributed by atoms with E-state index in [2.05, 4.69) is 10.3 Å². The van der Waals surface area contributed by atoms with Gasteiger partial charge in [0.05, 0.1) is 19.0 Å². The molecule has 2 aromatic rings. The molecule has 0 spiro atoms. The summed E-state index contributed by atoms with van der Waals surface area (Å²) in [6, 6.07) is 10.9. The minimum Gasteiger partial charge on any atom is -0.497 e. The Labute approximate surface area is 106 Å². The summed E-state index contributed by atoms with van der Waals surface area (Å²) >= 11 is 0. The number of anilines is 1. The smallest absolute Gasteiger partial charge is 0.212 e. The predicted octanol–water partition coefficient (Wildman–Crippen LogP) is 3.40. The van der Waals surface area contributed by atoms with Gasteiger partial charge >= 0.3 is 0 Å². The van der Waals surface area contributed by atoms with Gasteiger partial charge in [-0.05, 0) is 36.8 Å². The molecule has 1 aromatic carbocycles. The molecule has 1 unspecified atom stereocenters.